The summed E-state index contributed by atoms with van der Waals surface area (Å²) in [7, 11) is 0. The number of rotatable bonds is 1. The highest BCUT2D eigenvalue weighted by Crippen LogP contribution is 2.46. The van der Waals surface area contributed by atoms with Crippen molar-refractivity contribution in [2.75, 3.05) is 0 Å². The standard InChI is InChI=1S/C8H14O3/c1-7(2)5(6(9)10)8(3,4)11-7/h5H,1-4H3,(H,9,10). The Morgan fingerprint density at radius 1 is 1.27 bits per heavy atom. The van der Waals surface area contributed by atoms with Gasteiger partial charge < -0.3 is 9.84 Å². The monoisotopic (exact) mass is 158 g/mol. The lowest BCUT2D eigenvalue weighted by molar-refractivity contribution is -0.288. The van der Waals surface area contributed by atoms with Gasteiger partial charge in [0.05, 0.1) is 11.2 Å². The van der Waals surface area contributed by atoms with Crippen molar-refractivity contribution in [3.63, 3.8) is 0 Å². The molecule has 0 amide bonds. The largest absolute Gasteiger partial charge is 0.481 e. The lowest BCUT2D eigenvalue weighted by atomic mass is 9.72. The molecule has 1 rings (SSSR count). The Kier molecular flexibility index (Phi) is 1.53. The van der Waals surface area contributed by atoms with Crippen LogP contribution in [-0.2, 0) is 9.53 Å². The van der Waals surface area contributed by atoms with E-state index < -0.39 is 23.1 Å². The van der Waals surface area contributed by atoms with Crippen molar-refractivity contribution >= 4 is 5.97 Å². The summed E-state index contributed by atoms with van der Waals surface area (Å²) in [6.45, 7) is 7.21. The van der Waals surface area contributed by atoms with Crippen LogP contribution in [0.4, 0.5) is 0 Å². The van der Waals surface area contributed by atoms with Crippen LogP contribution in [0.5, 0.6) is 0 Å². The predicted molar refractivity (Wildman–Crippen MR) is 40.4 cm³/mol. The van der Waals surface area contributed by atoms with Gasteiger partial charge in [-0.2, -0.15) is 0 Å². The van der Waals surface area contributed by atoms with Crippen molar-refractivity contribution in [3.05, 3.63) is 0 Å². The molecule has 64 valence electrons. The predicted octanol–water partition coefficient (Wildman–Crippen LogP) is 1.27. The summed E-state index contributed by atoms with van der Waals surface area (Å²) in [4.78, 5) is 10.7. The SMILES string of the molecule is CC1(C)OC(C)(C)C1C(=O)O. The van der Waals surface area contributed by atoms with E-state index in [1.807, 2.05) is 0 Å². The number of carbonyl (C=O) groups is 1. The lowest BCUT2D eigenvalue weighted by Gasteiger charge is -2.54. The van der Waals surface area contributed by atoms with Gasteiger partial charge in [0.15, 0.2) is 0 Å². The molecule has 0 spiro atoms. The second-order valence-corrected chi connectivity index (χ2v) is 4.08. The third kappa shape index (κ3) is 1.13. The Labute approximate surface area is 66.4 Å². The molecular formula is C8H14O3. The molecule has 3 nitrogen and oxygen atoms in total. The van der Waals surface area contributed by atoms with Gasteiger partial charge in [-0.3, -0.25) is 4.79 Å². The number of hydrogen-bond acceptors (Lipinski definition) is 2. The van der Waals surface area contributed by atoms with Crippen molar-refractivity contribution in [1.29, 1.82) is 0 Å². The topological polar surface area (TPSA) is 46.5 Å². The van der Waals surface area contributed by atoms with Crippen LogP contribution in [0, 0.1) is 5.92 Å². The Bertz CT molecular complexity index is 180. The summed E-state index contributed by atoms with van der Waals surface area (Å²) in [5.74, 6) is -1.17. The molecule has 0 aromatic carbocycles. The van der Waals surface area contributed by atoms with Crippen molar-refractivity contribution in [2.45, 2.75) is 38.9 Å². The van der Waals surface area contributed by atoms with Crippen LogP contribution < -0.4 is 0 Å². The zero-order chi connectivity index (χ0) is 8.86. The van der Waals surface area contributed by atoms with Gasteiger partial charge in [0.1, 0.15) is 5.92 Å². The fraction of sp³-hybridized carbons (Fsp3) is 0.875. The summed E-state index contributed by atoms with van der Waals surface area (Å²) < 4.78 is 5.41. The maximum Gasteiger partial charge on any atom is 0.312 e. The van der Waals surface area contributed by atoms with Crippen LogP contribution in [-0.4, -0.2) is 22.3 Å². The maximum atomic E-state index is 10.7. The number of carboxylic acids is 1. The fourth-order valence-electron chi connectivity index (χ4n) is 2.17. The first-order valence-corrected chi connectivity index (χ1v) is 3.70. The van der Waals surface area contributed by atoms with E-state index in [1.165, 1.54) is 0 Å². The number of ether oxygens (including phenoxy) is 1. The van der Waals surface area contributed by atoms with E-state index in [0.29, 0.717) is 0 Å². The molecule has 1 saturated heterocycles. The van der Waals surface area contributed by atoms with Gasteiger partial charge in [0, 0.05) is 0 Å². The molecule has 0 aliphatic carbocycles. The Morgan fingerprint density at radius 2 is 1.64 bits per heavy atom. The summed E-state index contributed by atoms with van der Waals surface area (Å²) in [6, 6.07) is 0. The molecule has 3 heteroatoms. The minimum absolute atomic E-state index is 0.394. The first-order valence-electron chi connectivity index (χ1n) is 3.70. The van der Waals surface area contributed by atoms with E-state index in [1.54, 1.807) is 27.7 Å². The molecule has 0 radical (unpaired) electrons. The van der Waals surface area contributed by atoms with Crippen molar-refractivity contribution < 1.29 is 14.6 Å². The quantitative estimate of drug-likeness (QED) is 0.625. The van der Waals surface area contributed by atoms with E-state index in [0.717, 1.165) is 0 Å². The van der Waals surface area contributed by atoms with Crippen molar-refractivity contribution in [2.24, 2.45) is 5.92 Å². The number of carboxylic acid groups (broad SMARTS) is 1. The molecular weight excluding hydrogens is 144 g/mol. The number of aliphatic carboxylic acids is 1. The zero-order valence-electron chi connectivity index (χ0n) is 7.34. The molecule has 0 bridgehead atoms. The van der Waals surface area contributed by atoms with Crippen LogP contribution >= 0.6 is 0 Å². The van der Waals surface area contributed by atoms with E-state index in [4.69, 9.17) is 9.84 Å². The average molecular weight is 158 g/mol. The second kappa shape index (κ2) is 1.97. The second-order valence-electron chi connectivity index (χ2n) is 4.08. The summed E-state index contributed by atoms with van der Waals surface area (Å²) in [5, 5.41) is 8.82. The molecule has 0 aromatic rings. The number of hydrogen-bond donors (Lipinski definition) is 1. The van der Waals surface area contributed by atoms with E-state index in [2.05, 4.69) is 0 Å². The zero-order valence-corrected chi connectivity index (χ0v) is 7.34. The summed E-state index contributed by atoms with van der Waals surface area (Å²) in [6.07, 6.45) is 0. The minimum atomic E-state index is -0.772. The average Bonchev–Trinajstić information content (AvgIpc) is 1.53. The Morgan fingerprint density at radius 3 is 1.73 bits per heavy atom. The van der Waals surface area contributed by atoms with Crippen LogP contribution in [0.25, 0.3) is 0 Å². The van der Waals surface area contributed by atoms with Crippen LogP contribution in [0.3, 0.4) is 0 Å². The molecule has 0 atom stereocenters. The van der Waals surface area contributed by atoms with Gasteiger partial charge in [-0.25, -0.2) is 0 Å². The van der Waals surface area contributed by atoms with Gasteiger partial charge in [-0.1, -0.05) is 0 Å². The van der Waals surface area contributed by atoms with Crippen molar-refractivity contribution in [1.82, 2.24) is 0 Å². The van der Waals surface area contributed by atoms with E-state index in [-0.39, 0.29) is 0 Å². The van der Waals surface area contributed by atoms with E-state index in [9.17, 15) is 4.79 Å². The van der Waals surface area contributed by atoms with Gasteiger partial charge in [-0.05, 0) is 27.7 Å². The normalized spacial score (nSPS) is 27.6. The molecule has 0 unspecified atom stereocenters. The first kappa shape index (κ1) is 8.53. The smallest absolute Gasteiger partial charge is 0.312 e. The van der Waals surface area contributed by atoms with Crippen LogP contribution in [0.1, 0.15) is 27.7 Å². The molecule has 11 heavy (non-hydrogen) atoms. The third-order valence-electron chi connectivity index (χ3n) is 2.16. The fourth-order valence-corrected chi connectivity index (χ4v) is 2.17. The molecule has 1 heterocycles. The van der Waals surface area contributed by atoms with Crippen molar-refractivity contribution in [3.8, 4) is 0 Å². The van der Waals surface area contributed by atoms with Gasteiger partial charge >= 0.3 is 5.97 Å². The molecule has 1 N–H and O–H groups in total. The molecule has 0 saturated carbocycles. The Balaban J connectivity index is 2.81. The van der Waals surface area contributed by atoms with Crippen LogP contribution in [0.2, 0.25) is 0 Å². The first-order chi connectivity index (χ1) is 4.77. The molecule has 0 aromatic heterocycles. The van der Waals surface area contributed by atoms with Gasteiger partial charge in [-0.15, -0.1) is 0 Å². The lowest BCUT2D eigenvalue weighted by Crippen LogP contribution is -2.65. The summed E-state index contributed by atoms with van der Waals surface area (Å²) >= 11 is 0. The molecule has 1 fully saturated rings. The minimum Gasteiger partial charge on any atom is -0.481 e. The molecule has 1 aliphatic rings. The van der Waals surface area contributed by atoms with Gasteiger partial charge in [0.25, 0.3) is 0 Å². The highest BCUT2D eigenvalue weighted by molar-refractivity contribution is 5.74. The Hall–Kier alpha value is -0.570. The van der Waals surface area contributed by atoms with E-state index >= 15 is 0 Å². The highest BCUT2D eigenvalue weighted by atomic mass is 16.6. The molecule has 1 aliphatic heterocycles. The highest BCUT2D eigenvalue weighted by Gasteiger charge is 2.58. The van der Waals surface area contributed by atoms with Crippen LogP contribution in [0.15, 0.2) is 0 Å². The maximum absolute atomic E-state index is 10.7. The van der Waals surface area contributed by atoms with Gasteiger partial charge in [0.2, 0.25) is 0 Å². The summed E-state index contributed by atoms with van der Waals surface area (Å²) in [5.41, 5.74) is -1.01. The third-order valence-corrected chi connectivity index (χ3v) is 2.16.